The summed E-state index contributed by atoms with van der Waals surface area (Å²) in [7, 11) is 0. The van der Waals surface area contributed by atoms with Crippen molar-refractivity contribution in [1.82, 2.24) is 9.88 Å². The molecular formula is C12H14Cl2N2O2. The van der Waals surface area contributed by atoms with Crippen molar-refractivity contribution in [3.05, 3.63) is 30.1 Å². The number of aromatic nitrogens is 1. The molecule has 6 heteroatoms. The number of rotatable bonds is 2. The Bertz CT molecular complexity index is 437. The van der Waals surface area contributed by atoms with Gasteiger partial charge in [-0.05, 0) is 19.9 Å². The van der Waals surface area contributed by atoms with Crippen LogP contribution in [-0.4, -0.2) is 32.9 Å². The molecule has 1 atom stereocenters. The molecule has 0 N–H and O–H groups in total. The second kappa shape index (κ2) is 5.03. The molecule has 2 rings (SSSR count). The number of hydrogen-bond donors (Lipinski definition) is 0. The van der Waals surface area contributed by atoms with Crippen LogP contribution in [0.5, 0.6) is 0 Å². The molecule has 1 saturated heterocycles. The molecule has 1 fully saturated rings. The average Bonchev–Trinajstić information content (AvgIpc) is 2.65. The minimum atomic E-state index is -1.07. The summed E-state index contributed by atoms with van der Waals surface area (Å²) in [5.41, 5.74) is 0.209. The lowest BCUT2D eigenvalue weighted by Crippen LogP contribution is -2.45. The van der Waals surface area contributed by atoms with E-state index in [0.717, 1.165) is 5.56 Å². The molecule has 1 aliphatic heterocycles. The van der Waals surface area contributed by atoms with Crippen molar-refractivity contribution in [3.8, 4) is 0 Å². The first-order valence-corrected chi connectivity index (χ1v) is 6.46. The van der Waals surface area contributed by atoms with E-state index in [0.29, 0.717) is 6.54 Å². The summed E-state index contributed by atoms with van der Waals surface area (Å²) in [6.07, 6.45) is 3.22. The maximum atomic E-state index is 11.9. The summed E-state index contributed by atoms with van der Waals surface area (Å²) in [5.74, 6) is -0.338. The van der Waals surface area contributed by atoms with Crippen molar-refractivity contribution in [2.24, 2.45) is 0 Å². The largest absolute Gasteiger partial charge is 0.346 e. The molecule has 2 heterocycles. The molecule has 98 valence electrons. The Balaban J connectivity index is 2.20. The maximum Gasteiger partial charge on any atom is 0.258 e. The number of nitrogens with zero attached hydrogens (tertiary/aromatic N) is 2. The standard InChI is InChI=1S/C12H14Cl2N2O2/c1-12(2)16(11(17)10(13)14)7-9(18-12)8-4-3-5-15-6-8/h3-6,9-10H,7H2,1-2H3/t9-/m0/s1. The summed E-state index contributed by atoms with van der Waals surface area (Å²) in [6, 6.07) is 3.75. The number of hydrogen-bond acceptors (Lipinski definition) is 3. The third kappa shape index (κ3) is 2.60. The number of ether oxygens (including phenoxy) is 1. The van der Waals surface area contributed by atoms with Crippen LogP contribution < -0.4 is 0 Å². The van der Waals surface area contributed by atoms with E-state index in [1.165, 1.54) is 0 Å². The third-order valence-electron chi connectivity index (χ3n) is 2.94. The number of amides is 1. The van der Waals surface area contributed by atoms with Crippen molar-refractivity contribution < 1.29 is 9.53 Å². The minimum absolute atomic E-state index is 0.204. The van der Waals surface area contributed by atoms with E-state index in [1.807, 2.05) is 26.0 Å². The van der Waals surface area contributed by atoms with E-state index < -0.39 is 10.6 Å². The van der Waals surface area contributed by atoms with Gasteiger partial charge in [0, 0.05) is 18.0 Å². The van der Waals surface area contributed by atoms with Gasteiger partial charge in [0.25, 0.3) is 5.91 Å². The van der Waals surface area contributed by atoms with Crippen molar-refractivity contribution in [3.63, 3.8) is 0 Å². The number of carbonyl (C=O) groups excluding carboxylic acids is 1. The van der Waals surface area contributed by atoms with Gasteiger partial charge < -0.3 is 9.64 Å². The Morgan fingerprint density at radius 2 is 2.33 bits per heavy atom. The fourth-order valence-corrected chi connectivity index (χ4v) is 2.28. The predicted molar refractivity (Wildman–Crippen MR) is 69.3 cm³/mol. The highest BCUT2D eigenvalue weighted by Crippen LogP contribution is 2.36. The molecule has 0 radical (unpaired) electrons. The summed E-state index contributed by atoms with van der Waals surface area (Å²) in [5, 5.41) is 0. The predicted octanol–water partition coefficient (Wildman–Crippen LogP) is 2.52. The van der Waals surface area contributed by atoms with Gasteiger partial charge in [-0.1, -0.05) is 29.3 Å². The van der Waals surface area contributed by atoms with Gasteiger partial charge in [-0.25, -0.2) is 0 Å². The van der Waals surface area contributed by atoms with Gasteiger partial charge in [0.2, 0.25) is 0 Å². The van der Waals surface area contributed by atoms with Gasteiger partial charge >= 0.3 is 0 Å². The lowest BCUT2D eigenvalue weighted by molar-refractivity contribution is -0.144. The Labute approximate surface area is 116 Å². The quantitative estimate of drug-likeness (QED) is 0.786. The van der Waals surface area contributed by atoms with Gasteiger partial charge in [0.1, 0.15) is 11.8 Å². The lowest BCUT2D eigenvalue weighted by atomic mass is 10.1. The second-order valence-corrected chi connectivity index (χ2v) is 5.69. The van der Waals surface area contributed by atoms with Crippen molar-refractivity contribution in [1.29, 1.82) is 0 Å². The van der Waals surface area contributed by atoms with Gasteiger partial charge in [-0.2, -0.15) is 0 Å². The SMILES string of the molecule is CC1(C)O[C@H](c2cccnc2)CN1C(=O)C(Cl)Cl. The molecule has 0 spiro atoms. The molecule has 0 aliphatic carbocycles. The highest BCUT2D eigenvalue weighted by atomic mass is 35.5. The van der Waals surface area contributed by atoms with E-state index >= 15 is 0 Å². The zero-order valence-electron chi connectivity index (χ0n) is 10.1. The number of pyridine rings is 1. The molecule has 1 amide bonds. The van der Waals surface area contributed by atoms with E-state index in [-0.39, 0.29) is 12.0 Å². The molecule has 0 aromatic carbocycles. The van der Waals surface area contributed by atoms with Crippen LogP contribution in [0.15, 0.2) is 24.5 Å². The second-order valence-electron chi connectivity index (χ2n) is 4.59. The van der Waals surface area contributed by atoms with Crippen LogP contribution in [0.1, 0.15) is 25.5 Å². The number of carbonyl (C=O) groups is 1. The normalized spacial score (nSPS) is 22.5. The van der Waals surface area contributed by atoms with Gasteiger partial charge in [-0.15, -0.1) is 0 Å². The van der Waals surface area contributed by atoms with Crippen LogP contribution >= 0.6 is 23.2 Å². The first-order chi connectivity index (χ1) is 8.42. The fourth-order valence-electron chi connectivity index (χ4n) is 2.05. The third-order valence-corrected chi connectivity index (χ3v) is 3.31. The van der Waals surface area contributed by atoms with Crippen LogP contribution in [0.2, 0.25) is 0 Å². The Kier molecular flexibility index (Phi) is 3.80. The minimum Gasteiger partial charge on any atom is -0.346 e. The summed E-state index contributed by atoms with van der Waals surface area (Å²) >= 11 is 11.3. The molecule has 0 unspecified atom stereocenters. The van der Waals surface area contributed by atoms with Crippen LogP contribution in [0.3, 0.4) is 0 Å². The highest BCUT2D eigenvalue weighted by Gasteiger charge is 2.44. The summed E-state index contributed by atoms with van der Waals surface area (Å²) in [6.45, 7) is 4.06. The Hall–Kier alpha value is -0.840. The van der Waals surface area contributed by atoms with Crippen molar-refractivity contribution in [2.75, 3.05) is 6.54 Å². The van der Waals surface area contributed by atoms with Gasteiger partial charge in [0.05, 0.1) is 6.54 Å². The van der Waals surface area contributed by atoms with E-state index in [1.54, 1.807) is 17.3 Å². The highest BCUT2D eigenvalue weighted by molar-refractivity contribution is 6.53. The van der Waals surface area contributed by atoms with E-state index in [2.05, 4.69) is 4.98 Å². The molecule has 0 saturated carbocycles. The topological polar surface area (TPSA) is 42.4 Å². The van der Waals surface area contributed by atoms with E-state index in [4.69, 9.17) is 27.9 Å². The fraction of sp³-hybridized carbons (Fsp3) is 0.500. The molecule has 1 aliphatic rings. The molecule has 1 aromatic heterocycles. The van der Waals surface area contributed by atoms with Crippen LogP contribution in [0, 0.1) is 0 Å². The number of halogens is 2. The molecular weight excluding hydrogens is 275 g/mol. The summed E-state index contributed by atoms with van der Waals surface area (Å²) < 4.78 is 5.87. The number of alkyl halides is 2. The average molecular weight is 289 g/mol. The van der Waals surface area contributed by atoms with Crippen molar-refractivity contribution in [2.45, 2.75) is 30.5 Å². The van der Waals surface area contributed by atoms with Gasteiger partial charge in [-0.3, -0.25) is 9.78 Å². The molecule has 4 nitrogen and oxygen atoms in total. The van der Waals surface area contributed by atoms with Crippen LogP contribution in [0.4, 0.5) is 0 Å². The first-order valence-electron chi connectivity index (χ1n) is 5.59. The first kappa shape index (κ1) is 13.6. The van der Waals surface area contributed by atoms with Crippen LogP contribution in [0.25, 0.3) is 0 Å². The molecule has 0 bridgehead atoms. The molecule has 1 aromatic rings. The van der Waals surface area contributed by atoms with Crippen LogP contribution in [-0.2, 0) is 9.53 Å². The zero-order chi connectivity index (χ0) is 13.3. The van der Waals surface area contributed by atoms with Crippen molar-refractivity contribution >= 4 is 29.1 Å². The lowest BCUT2D eigenvalue weighted by Gasteiger charge is -2.30. The Morgan fingerprint density at radius 3 is 2.89 bits per heavy atom. The zero-order valence-corrected chi connectivity index (χ0v) is 11.6. The van der Waals surface area contributed by atoms with Gasteiger partial charge in [0.15, 0.2) is 4.84 Å². The maximum absolute atomic E-state index is 11.9. The van der Waals surface area contributed by atoms with E-state index in [9.17, 15) is 4.79 Å². The summed E-state index contributed by atoms with van der Waals surface area (Å²) in [4.78, 5) is 16.4. The molecule has 18 heavy (non-hydrogen) atoms. The Morgan fingerprint density at radius 1 is 1.61 bits per heavy atom. The monoisotopic (exact) mass is 288 g/mol. The smallest absolute Gasteiger partial charge is 0.258 e.